The third-order valence-electron chi connectivity index (χ3n) is 3.58. The van der Waals surface area contributed by atoms with E-state index in [1.165, 1.54) is 32.1 Å². The minimum atomic E-state index is 0.419. The molecule has 1 aromatic rings. The molecule has 2 rings (SSSR count). The SMILES string of the molecule is CC1(CNc2ncccc2N)CCCCC1. The number of hydrogen-bond acceptors (Lipinski definition) is 3. The number of hydrogen-bond donors (Lipinski definition) is 2. The molecule has 0 atom stereocenters. The van der Waals surface area contributed by atoms with Crippen LogP contribution in [0.3, 0.4) is 0 Å². The molecule has 3 nitrogen and oxygen atoms in total. The van der Waals surface area contributed by atoms with Gasteiger partial charge in [-0.3, -0.25) is 0 Å². The van der Waals surface area contributed by atoms with Crippen LogP contribution in [0.5, 0.6) is 0 Å². The van der Waals surface area contributed by atoms with Gasteiger partial charge in [-0.1, -0.05) is 26.2 Å². The molecular formula is C13H21N3. The minimum Gasteiger partial charge on any atom is -0.396 e. The lowest BCUT2D eigenvalue weighted by molar-refractivity contribution is 0.233. The summed E-state index contributed by atoms with van der Waals surface area (Å²) < 4.78 is 0. The first-order valence-electron chi connectivity index (χ1n) is 6.14. The average molecular weight is 219 g/mol. The molecule has 0 aliphatic heterocycles. The maximum absolute atomic E-state index is 5.85. The number of nitrogens with two attached hydrogens (primary N) is 1. The summed E-state index contributed by atoms with van der Waals surface area (Å²) in [6, 6.07) is 3.75. The molecular weight excluding hydrogens is 198 g/mol. The predicted octanol–water partition coefficient (Wildman–Crippen LogP) is 3.05. The van der Waals surface area contributed by atoms with Gasteiger partial charge in [-0.15, -0.1) is 0 Å². The number of nitrogen functional groups attached to an aromatic ring is 1. The fraction of sp³-hybridized carbons (Fsp3) is 0.615. The van der Waals surface area contributed by atoms with E-state index in [0.717, 1.165) is 18.1 Å². The number of aromatic nitrogens is 1. The van der Waals surface area contributed by atoms with Crippen LogP contribution in [0, 0.1) is 5.41 Å². The maximum atomic E-state index is 5.85. The van der Waals surface area contributed by atoms with Crippen molar-refractivity contribution in [3.05, 3.63) is 18.3 Å². The Bertz CT molecular complexity index is 343. The van der Waals surface area contributed by atoms with Crippen LogP contribution in [0.4, 0.5) is 11.5 Å². The van der Waals surface area contributed by atoms with Gasteiger partial charge in [0.15, 0.2) is 0 Å². The van der Waals surface area contributed by atoms with Crippen molar-refractivity contribution in [2.75, 3.05) is 17.6 Å². The van der Waals surface area contributed by atoms with E-state index in [4.69, 9.17) is 5.73 Å². The zero-order valence-corrected chi connectivity index (χ0v) is 10.00. The normalized spacial score (nSPS) is 19.3. The van der Waals surface area contributed by atoms with Crippen molar-refractivity contribution in [1.82, 2.24) is 4.98 Å². The molecule has 1 aliphatic rings. The molecule has 0 saturated heterocycles. The molecule has 1 heterocycles. The largest absolute Gasteiger partial charge is 0.396 e. The summed E-state index contributed by atoms with van der Waals surface area (Å²) in [6.45, 7) is 3.34. The Morgan fingerprint density at radius 3 is 2.81 bits per heavy atom. The van der Waals surface area contributed by atoms with Gasteiger partial charge in [0.2, 0.25) is 0 Å². The molecule has 88 valence electrons. The first-order valence-corrected chi connectivity index (χ1v) is 6.14. The zero-order chi connectivity index (χ0) is 11.4. The summed E-state index contributed by atoms with van der Waals surface area (Å²) in [4.78, 5) is 4.26. The number of anilines is 2. The highest BCUT2D eigenvalue weighted by Gasteiger charge is 2.26. The molecule has 1 aliphatic carbocycles. The lowest BCUT2D eigenvalue weighted by Gasteiger charge is -2.33. The third kappa shape index (κ3) is 2.65. The Morgan fingerprint density at radius 2 is 2.12 bits per heavy atom. The van der Waals surface area contributed by atoms with Crippen molar-refractivity contribution in [3.63, 3.8) is 0 Å². The van der Waals surface area contributed by atoms with Crippen LogP contribution in [0.1, 0.15) is 39.0 Å². The molecule has 0 amide bonds. The molecule has 1 aromatic heterocycles. The first kappa shape index (κ1) is 11.2. The van der Waals surface area contributed by atoms with Crippen LogP contribution in [0.2, 0.25) is 0 Å². The molecule has 16 heavy (non-hydrogen) atoms. The lowest BCUT2D eigenvalue weighted by atomic mass is 9.76. The summed E-state index contributed by atoms with van der Waals surface area (Å²) in [5, 5.41) is 3.39. The van der Waals surface area contributed by atoms with Crippen molar-refractivity contribution in [2.24, 2.45) is 5.41 Å². The highest BCUT2D eigenvalue weighted by atomic mass is 15.0. The fourth-order valence-electron chi connectivity index (χ4n) is 2.44. The van der Waals surface area contributed by atoms with Gasteiger partial charge in [-0.2, -0.15) is 0 Å². The summed E-state index contributed by atoms with van der Waals surface area (Å²) in [5.41, 5.74) is 7.01. The van der Waals surface area contributed by atoms with Gasteiger partial charge in [0.05, 0.1) is 5.69 Å². The molecule has 0 bridgehead atoms. The molecule has 1 saturated carbocycles. The van der Waals surface area contributed by atoms with Crippen molar-refractivity contribution < 1.29 is 0 Å². The van der Waals surface area contributed by atoms with E-state index in [1.54, 1.807) is 6.20 Å². The second-order valence-corrected chi connectivity index (χ2v) is 5.17. The Morgan fingerprint density at radius 1 is 1.38 bits per heavy atom. The van der Waals surface area contributed by atoms with E-state index in [-0.39, 0.29) is 0 Å². The topological polar surface area (TPSA) is 50.9 Å². The van der Waals surface area contributed by atoms with Crippen molar-refractivity contribution in [1.29, 1.82) is 0 Å². The Kier molecular flexibility index (Phi) is 3.32. The van der Waals surface area contributed by atoms with Gasteiger partial charge in [-0.25, -0.2) is 4.98 Å². The van der Waals surface area contributed by atoms with E-state index in [0.29, 0.717) is 5.41 Å². The summed E-state index contributed by atoms with van der Waals surface area (Å²) >= 11 is 0. The fourth-order valence-corrected chi connectivity index (χ4v) is 2.44. The van der Waals surface area contributed by atoms with Crippen LogP contribution in [0.15, 0.2) is 18.3 Å². The Hall–Kier alpha value is -1.25. The highest BCUT2D eigenvalue weighted by molar-refractivity contribution is 5.60. The molecule has 0 aromatic carbocycles. The van der Waals surface area contributed by atoms with Crippen LogP contribution >= 0.6 is 0 Å². The standard InChI is InChI=1S/C13H21N3/c1-13(7-3-2-4-8-13)10-16-12-11(14)6-5-9-15-12/h5-6,9H,2-4,7-8,10,14H2,1H3,(H,15,16). The van der Waals surface area contributed by atoms with E-state index >= 15 is 0 Å². The molecule has 1 fully saturated rings. The van der Waals surface area contributed by atoms with Gasteiger partial charge >= 0.3 is 0 Å². The van der Waals surface area contributed by atoms with E-state index in [1.807, 2.05) is 12.1 Å². The second-order valence-electron chi connectivity index (χ2n) is 5.17. The maximum Gasteiger partial charge on any atom is 0.149 e. The summed E-state index contributed by atoms with van der Waals surface area (Å²) in [5.74, 6) is 0.828. The van der Waals surface area contributed by atoms with Crippen LogP contribution in [-0.2, 0) is 0 Å². The molecule has 0 unspecified atom stereocenters. The molecule has 3 heteroatoms. The molecule has 0 radical (unpaired) electrons. The smallest absolute Gasteiger partial charge is 0.149 e. The predicted molar refractivity (Wildman–Crippen MR) is 68.3 cm³/mol. The summed E-state index contributed by atoms with van der Waals surface area (Å²) in [7, 11) is 0. The zero-order valence-electron chi connectivity index (χ0n) is 10.00. The number of nitrogens with zero attached hydrogens (tertiary/aromatic N) is 1. The number of rotatable bonds is 3. The molecule has 3 N–H and O–H groups in total. The minimum absolute atomic E-state index is 0.419. The monoisotopic (exact) mass is 219 g/mol. The van der Waals surface area contributed by atoms with E-state index in [9.17, 15) is 0 Å². The van der Waals surface area contributed by atoms with Crippen molar-refractivity contribution >= 4 is 11.5 Å². The third-order valence-corrected chi connectivity index (χ3v) is 3.58. The van der Waals surface area contributed by atoms with Gasteiger partial charge in [0.25, 0.3) is 0 Å². The van der Waals surface area contributed by atoms with Gasteiger partial charge in [0.1, 0.15) is 5.82 Å². The number of nitrogens with one attached hydrogen (secondary N) is 1. The van der Waals surface area contributed by atoms with Gasteiger partial charge < -0.3 is 11.1 Å². The van der Waals surface area contributed by atoms with Gasteiger partial charge in [-0.05, 0) is 30.4 Å². The molecule has 0 spiro atoms. The number of pyridine rings is 1. The lowest BCUT2D eigenvalue weighted by Crippen LogP contribution is -2.29. The quantitative estimate of drug-likeness (QED) is 0.821. The first-order chi connectivity index (χ1) is 7.70. The summed E-state index contributed by atoms with van der Waals surface area (Å²) in [6.07, 6.45) is 8.51. The van der Waals surface area contributed by atoms with Crippen molar-refractivity contribution in [2.45, 2.75) is 39.0 Å². The van der Waals surface area contributed by atoms with Crippen LogP contribution < -0.4 is 11.1 Å². The Balaban J connectivity index is 1.94. The average Bonchev–Trinajstić information content (AvgIpc) is 2.29. The van der Waals surface area contributed by atoms with Crippen molar-refractivity contribution in [3.8, 4) is 0 Å². The second kappa shape index (κ2) is 4.73. The van der Waals surface area contributed by atoms with Crippen LogP contribution in [0.25, 0.3) is 0 Å². The highest BCUT2D eigenvalue weighted by Crippen LogP contribution is 2.35. The Labute approximate surface area is 97.5 Å². The van der Waals surface area contributed by atoms with E-state index < -0.39 is 0 Å². The van der Waals surface area contributed by atoms with Gasteiger partial charge in [0, 0.05) is 12.7 Å². The van der Waals surface area contributed by atoms with E-state index in [2.05, 4.69) is 17.2 Å². The van der Waals surface area contributed by atoms with Crippen LogP contribution in [-0.4, -0.2) is 11.5 Å².